The van der Waals surface area contributed by atoms with Crippen LogP contribution in [0, 0.1) is 0 Å². The Morgan fingerprint density at radius 2 is 2.11 bits per heavy atom. The maximum atomic E-state index is 12.1. The normalized spacial score (nSPS) is 20.9. The molecule has 0 aliphatic carbocycles. The average Bonchev–Trinajstić information content (AvgIpc) is 2.27. The number of amides is 3. The molecule has 1 unspecified atom stereocenters. The molecule has 1 atom stereocenters. The summed E-state index contributed by atoms with van der Waals surface area (Å²) in [6, 6.07) is -0.567. The summed E-state index contributed by atoms with van der Waals surface area (Å²) in [6.07, 6.45) is 0.624. The molecule has 1 N–H and O–H groups in total. The van der Waals surface area contributed by atoms with E-state index < -0.39 is 23.5 Å². The zero-order valence-electron chi connectivity index (χ0n) is 11.3. The average molecular weight is 256 g/mol. The fraction of sp³-hybridized carbons (Fsp3) is 0.750. The van der Waals surface area contributed by atoms with Crippen LogP contribution in [-0.4, -0.2) is 47.9 Å². The largest absolute Gasteiger partial charge is 0.378 e. The van der Waals surface area contributed by atoms with E-state index in [1.54, 1.807) is 13.8 Å². The van der Waals surface area contributed by atoms with Crippen molar-refractivity contribution in [3.05, 3.63) is 0 Å². The van der Waals surface area contributed by atoms with E-state index in [2.05, 4.69) is 5.32 Å². The van der Waals surface area contributed by atoms with Crippen molar-refractivity contribution in [2.24, 2.45) is 0 Å². The van der Waals surface area contributed by atoms with E-state index >= 15 is 0 Å². The standard InChI is InChI=1S/C12H20N2O4/c1-5-8-11(17)13-9(15)7-14(8)10(16)6-12(2,3)18-4/h8H,5-7H2,1-4H3,(H,13,15,17). The Kier molecular flexibility index (Phi) is 4.45. The lowest BCUT2D eigenvalue weighted by molar-refractivity contribution is -0.152. The number of imide groups is 1. The van der Waals surface area contributed by atoms with Crippen molar-refractivity contribution >= 4 is 17.7 Å². The van der Waals surface area contributed by atoms with Crippen LogP contribution in [-0.2, 0) is 19.1 Å². The number of rotatable bonds is 4. The lowest BCUT2D eigenvalue weighted by Crippen LogP contribution is -2.60. The molecule has 1 fully saturated rings. The highest BCUT2D eigenvalue weighted by atomic mass is 16.5. The minimum absolute atomic E-state index is 0.0666. The first-order valence-electron chi connectivity index (χ1n) is 5.99. The molecule has 0 radical (unpaired) electrons. The van der Waals surface area contributed by atoms with E-state index in [1.165, 1.54) is 12.0 Å². The molecule has 18 heavy (non-hydrogen) atoms. The van der Waals surface area contributed by atoms with Crippen molar-refractivity contribution in [1.82, 2.24) is 10.2 Å². The van der Waals surface area contributed by atoms with Gasteiger partial charge in [-0.1, -0.05) is 6.92 Å². The molecule has 1 aliphatic rings. The summed E-state index contributed by atoms with van der Waals surface area (Å²) in [5, 5.41) is 2.24. The van der Waals surface area contributed by atoms with Gasteiger partial charge in [0.05, 0.1) is 12.0 Å². The molecule has 0 saturated carbocycles. The highest BCUT2D eigenvalue weighted by molar-refractivity contribution is 6.04. The minimum atomic E-state index is -0.605. The number of carbonyl (C=O) groups excluding carboxylic acids is 3. The SMILES string of the molecule is CCC1C(=O)NC(=O)CN1C(=O)CC(C)(C)OC. The maximum absolute atomic E-state index is 12.1. The molecule has 1 saturated heterocycles. The van der Waals surface area contributed by atoms with Gasteiger partial charge in [-0.05, 0) is 20.3 Å². The zero-order valence-corrected chi connectivity index (χ0v) is 11.3. The van der Waals surface area contributed by atoms with E-state index in [0.29, 0.717) is 6.42 Å². The molecule has 0 aromatic heterocycles. The van der Waals surface area contributed by atoms with Gasteiger partial charge in [0.15, 0.2) is 0 Å². The molecule has 0 spiro atoms. The maximum Gasteiger partial charge on any atom is 0.249 e. The van der Waals surface area contributed by atoms with Crippen LogP contribution >= 0.6 is 0 Å². The minimum Gasteiger partial charge on any atom is -0.378 e. The van der Waals surface area contributed by atoms with E-state index in [9.17, 15) is 14.4 Å². The van der Waals surface area contributed by atoms with Crippen LogP contribution in [0.1, 0.15) is 33.6 Å². The fourth-order valence-electron chi connectivity index (χ4n) is 1.87. The van der Waals surface area contributed by atoms with Gasteiger partial charge in [-0.25, -0.2) is 0 Å². The number of hydrogen-bond donors (Lipinski definition) is 1. The molecule has 0 bridgehead atoms. The molecular weight excluding hydrogens is 236 g/mol. The predicted octanol–water partition coefficient (Wildman–Crippen LogP) is 0.0651. The molecule has 6 heteroatoms. The Bertz CT molecular complexity index is 365. The Morgan fingerprint density at radius 3 is 2.61 bits per heavy atom. The van der Waals surface area contributed by atoms with Gasteiger partial charge in [-0.2, -0.15) is 0 Å². The van der Waals surface area contributed by atoms with E-state index in [4.69, 9.17) is 4.74 Å². The van der Waals surface area contributed by atoms with E-state index in [-0.39, 0.29) is 18.9 Å². The Labute approximate surface area is 107 Å². The van der Waals surface area contributed by atoms with Gasteiger partial charge in [0.2, 0.25) is 17.7 Å². The number of carbonyl (C=O) groups is 3. The summed E-state index contributed by atoms with van der Waals surface area (Å²) in [7, 11) is 1.53. The van der Waals surface area contributed by atoms with Gasteiger partial charge >= 0.3 is 0 Å². The summed E-state index contributed by atoms with van der Waals surface area (Å²) in [5.74, 6) is -1.08. The first-order valence-corrected chi connectivity index (χ1v) is 5.99. The van der Waals surface area contributed by atoms with Crippen LogP contribution < -0.4 is 5.32 Å². The van der Waals surface area contributed by atoms with Crippen LogP contribution in [0.15, 0.2) is 0 Å². The highest BCUT2D eigenvalue weighted by Gasteiger charge is 2.37. The monoisotopic (exact) mass is 256 g/mol. The highest BCUT2D eigenvalue weighted by Crippen LogP contribution is 2.18. The topological polar surface area (TPSA) is 75.7 Å². The van der Waals surface area contributed by atoms with Crippen molar-refractivity contribution in [3.63, 3.8) is 0 Å². The molecular formula is C12H20N2O4. The second kappa shape index (κ2) is 5.48. The van der Waals surface area contributed by atoms with Crippen molar-refractivity contribution in [1.29, 1.82) is 0 Å². The van der Waals surface area contributed by atoms with E-state index in [1.807, 2.05) is 6.92 Å². The van der Waals surface area contributed by atoms with Gasteiger partial charge in [0.25, 0.3) is 0 Å². The van der Waals surface area contributed by atoms with Crippen molar-refractivity contribution in [3.8, 4) is 0 Å². The number of methoxy groups -OCH3 is 1. The molecule has 0 aromatic carbocycles. The first-order chi connectivity index (χ1) is 8.30. The van der Waals surface area contributed by atoms with Crippen LogP contribution in [0.5, 0.6) is 0 Å². The van der Waals surface area contributed by atoms with Crippen molar-refractivity contribution in [2.75, 3.05) is 13.7 Å². The summed E-state index contributed by atoms with van der Waals surface area (Å²) in [4.78, 5) is 36.4. The van der Waals surface area contributed by atoms with Crippen molar-refractivity contribution < 1.29 is 19.1 Å². The molecule has 1 rings (SSSR count). The Morgan fingerprint density at radius 1 is 1.50 bits per heavy atom. The summed E-state index contributed by atoms with van der Waals surface area (Å²) >= 11 is 0. The van der Waals surface area contributed by atoms with Crippen LogP contribution in [0.2, 0.25) is 0 Å². The Balaban J connectivity index is 2.81. The fourth-order valence-corrected chi connectivity index (χ4v) is 1.87. The predicted molar refractivity (Wildman–Crippen MR) is 64.6 cm³/mol. The first kappa shape index (κ1) is 14.6. The quantitative estimate of drug-likeness (QED) is 0.722. The number of hydrogen-bond acceptors (Lipinski definition) is 4. The van der Waals surface area contributed by atoms with Gasteiger partial charge in [-0.15, -0.1) is 0 Å². The molecule has 1 heterocycles. The molecule has 0 aromatic rings. The third kappa shape index (κ3) is 3.29. The summed E-state index contributed by atoms with van der Waals surface area (Å²) < 4.78 is 5.19. The zero-order chi connectivity index (χ0) is 13.9. The number of ether oxygens (including phenoxy) is 1. The molecule has 6 nitrogen and oxygen atoms in total. The third-order valence-corrected chi connectivity index (χ3v) is 3.09. The third-order valence-electron chi connectivity index (χ3n) is 3.09. The van der Waals surface area contributed by atoms with Gasteiger partial charge in [0.1, 0.15) is 12.6 Å². The Hall–Kier alpha value is -1.43. The van der Waals surface area contributed by atoms with Crippen LogP contribution in [0.25, 0.3) is 0 Å². The second-order valence-corrected chi connectivity index (χ2v) is 5.00. The molecule has 102 valence electrons. The lowest BCUT2D eigenvalue weighted by Gasteiger charge is -2.35. The molecule has 1 aliphatic heterocycles. The summed E-state index contributed by atoms with van der Waals surface area (Å²) in [6.45, 7) is 5.32. The van der Waals surface area contributed by atoms with Gasteiger partial charge in [0, 0.05) is 7.11 Å². The van der Waals surface area contributed by atoms with E-state index in [0.717, 1.165) is 0 Å². The number of nitrogens with zero attached hydrogens (tertiary/aromatic N) is 1. The summed E-state index contributed by atoms with van der Waals surface area (Å²) in [5.41, 5.74) is -0.605. The van der Waals surface area contributed by atoms with Crippen LogP contribution in [0.3, 0.4) is 0 Å². The second-order valence-electron chi connectivity index (χ2n) is 5.00. The van der Waals surface area contributed by atoms with Crippen molar-refractivity contribution in [2.45, 2.75) is 45.3 Å². The number of piperazine rings is 1. The smallest absolute Gasteiger partial charge is 0.249 e. The van der Waals surface area contributed by atoms with Gasteiger partial charge < -0.3 is 9.64 Å². The lowest BCUT2D eigenvalue weighted by atomic mass is 10.0. The molecule has 3 amide bonds. The van der Waals surface area contributed by atoms with Gasteiger partial charge in [-0.3, -0.25) is 19.7 Å². The van der Waals surface area contributed by atoms with Crippen LogP contribution in [0.4, 0.5) is 0 Å². The number of nitrogens with one attached hydrogen (secondary N) is 1.